The van der Waals surface area contributed by atoms with Crippen molar-refractivity contribution in [3.63, 3.8) is 0 Å². The van der Waals surface area contributed by atoms with Gasteiger partial charge in [-0.1, -0.05) is 30.3 Å². The first kappa shape index (κ1) is 12.5. The molecule has 0 spiro atoms. The van der Waals surface area contributed by atoms with Gasteiger partial charge in [-0.2, -0.15) is 0 Å². The van der Waals surface area contributed by atoms with Gasteiger partial charge >= 0.3 is 0 Å². The average molecular weight is 219 g/mol. The van der Waals surface area contributed by atoms with Crippen LogP contribution in [0.5, 0.6) is 0 Å². The van der Waals surface area contributed by atoms with Crippen molar-refractivity contribution in [2.24, 2.45) is 0 Å². The molecular weight excluding hydrogens is 202 g/mol. The van der Waals surface area contributed by atoms with Crippen LogP contribution in [0.1, 0.15) is 12.5 Å². The molecule has 0 heterocycles. The van der Waals surface area contributed by atoms with Crippen molar-refractivity contribution >= 4 is 12.0 Å². The normalized spacial score (nSPS) is 10.6. The molecule has 16 heavy (non-hydrogen) atoms. The van der Waals surface area contributed by atoms with Crippen molar-refractivity contribution in [1.82, 2.24) is 5.32 Å². The molecule has 0 unspecified atom stereocenters. The minimum Gasteiger partial charge on any atom is -0.380 e. The van der Waals surface area contributed by atoms with Gasteiger partial charge in [0.05, 0.1) is 6.61 Å². The molecule has 0 bridgehead atoms. The zero-order valence-corrected chi connectivity index (χ0v) is 9.48. The summed E-state index contributed by atoms with van der Waals surface area (Å²) in [5.41, 5.74) is 1.02. The quantitative estimate of drug-likeness (QED) is 0.585. The second kappa shape index (κ2) is 7.65. The zero-order chi connectivity index (χ0) is 11.6. The molecule has 1 rings (SSSR count). The Morgan fingerprint density at radius 2 is 2.12 bits per heavy atom. The molecule has 1 N–H and O–H groups in total. The minimum absolute atomic E-state index is 0.0939. The van der Waals surface area contributed by atoms with Crippen molar-refractivity contribution in [3.05, 3.63) is 42.0 Å². The summed E-state index contributed by atoms with van der Waals surface area (Å²) in [5.74, 6) is -0.0939. The van der Waals surface area contributed by atoms with Gasteiger partial charge in [0.15, 0.2) is 0 Å². The van der Waals surface area contributed by atoms with E-state index in [4.69, 9.17) is 4.74 Å². The minimum atomic E-state index is -0.0939. The lowest BCUT2D eigenvalue weighted by Gasteiger charge is -2.01. The highest BCUT2D eigenvalue weighted by Gasteiger charge is 1.93. The maximum Gasteiger partial charge on any atom is 0.244 e. The van der Waals surface area contributed by atoms with E-state index in [0.717, 1.165) is 5.56 Å². The fraction of sp³-hybridized carbons (Fsp3) is 0.308. The van der Waals surface area contributed by atoms with Crippen LogP contribution < -0.4 is 5.32 Å². The molecule has 1 aromatic carbocycles. The highest BCUT2D eigenvalue weighted by atomic mass is 16.5. The van der Waals surface area contributed by atoms with Crippen LogP contribution in [0, 0.1) is 0 Å². The van der Waals surface area contributed by atoms with Crippen molar-refractivity contribution in [2.45, 2.75) is 6.92 Å². The van der Waals surface area contributed by atoms with Crippen molar-refractivity contribution in [3.8, 4) is 0 Å². The van der Waals surface area contributed by atoms with Gasteiger partial charge in [-0.05, 0) is 18.6 Å². The van der Waals surface area contributed by atoms with E-state index in [1.165, 1.54) is 6.08 Å². The summed E-state index contributed by atoms with van der Waals surface area (Å²) in [6, 6.07) is 9.72. The average Bonchev–Trinajstić information content (AvgIpc) is 2.33. The molecule has 0 atom stereocenters. The van der Waals surface area contributed by atoms with Gasteiger partial charge in [-0.3, -0.25) is 4.79 Å². The van der Waals surface area contributed by atoms with Crippen molar-refractivity contribution < 1.29 is 9.53 Å². The van der Waals surface area contributed by atoms with Crippen LogP contribution in [0.2, 0.25) is 0 Å². The monoisotopic (exact) mass is 219 g/mol. The molecule has 0 fully saturated rings. The molecule has 1 amide bonds. The SMILES string of the molecule is CCOCCNC(=O)/C=C/c1ccccc1. The van der Waals surface area contributed by atoms with Gasteiger partial charge in [0, 0.05) is 19.2 Å². The van der Waals surface area contributed by atoms with Crippen LogP contribution in [0.3, 0.4) is 0 Å². The van der Waals surface area contributed by atoms with Crippen LogP contribution in [0.15, 0.2) is 36.4 Å². The van der Waals surface area contributed by atoms with Gasteiger partial charge in [-0.15, -0.1) is 0 Å². The van der Waals surface area contributed by atoms with Gasteiger partial charge < -0.3 is 10.1 Å². The van der Waals surface area contributed by atoms with Crippen LogP contribution in [-0.4, -0.2) is 25.7 Å². The summed E-state index contributed by atoms with van der Waals surface area (Å²) in [7, 11) is 0. The second-order valence-electron chi connectivity index (χ2n) is 3.23. The molecule has 0 aliphatic carbocycles. The highest BCUT2D eigenvalue weighted by Crippen LogP contribution is 2.00. The van der Waals surface area contributed by atoms with Crippen molar-refractivity contribution in [1.29, 1.82) is 0 Å². The molecule has 0 aromatic heterocycles. The van der Waals surface area contributed by atoms with Crippen LogP contribution in [-0.2, 0) is 9.53 Å². The maximum absolute atomic E-state index is 11.3. The third-order valence-electron chi connectivity index (χ3n) is 1.98. The molecule has 0 saturated heterocycles. The third-order valence-corrected chi connectivity index (χ3v) is 1.98. The number of rotatable bonds is 6. The number of ether oxygens (including phenoxy) is 1. The topological polar surface area (TPSA) is 38.3 Å². The number of hydrogen-bond acceptors (Lipinski definition) is 2. The Labute approximate surface area is 96.1 Å². The molecule has 0 saturated carbocycles. The van der Waals surface area contributed by atoms with Crippen LogP contribution >= 0.6 is 0 Å². The molecule has 0 aliphatic heterocycles. The summed E-state index contributed by atoms with van der Waals surface area (Å²) in [6.07, 6.45) is 3.32. The van der Waals surface area contributed by atoms with Crippen LogP contribution in [0.25, 0.3) is 6.08 Å². The van der Waals surface area contributed by atoms with Gasteiger partial charge in [0.2, 0.25) is 5.91 Å². The van der Waals surface area contributed by atoms with E-state index in [2.05, 4.69) is 5.32 Å². The van der Waals surface area contributed by atoms with E-state index >= 15 is 0 Å². The first-order valence-corrected chi connectivity index (χ1v) is 5.41. The number of hydrogen-bond donors (Lipinski definition) is 1. The molecule has 3 nitrogen and oxygen atoms in total. The first-order valence-electron chi connectivity index (χ1n) is 5.41. The summed E-state index contributed by atoms with van der Waals surface area (Å²) in [5, 5.41) is 2.74. The lowest BCUT2D eigenvalue weighted by Crippen LogP contribution is -2.25. The Bertz CT molecular complexity index is 333. The maximum atomic E-state index is 11.3. The summed E-state index contributed by atoms with van der Waals surface area (Å²) < 4.78 is 5.11. The molecule has 0 radical (unpaired) electrons. The smallest absolute Gasteiger partial charge is 0.244 e. The number of benzene rings is 1. The Morgan fingerprint density at radius 3 is 2.81 bits per heavy atom. The fourth-order valence-corrected chi connectivity index (χ4v) is 1.19. The lowest BCUT2D eigenvalue weighted by molar-refractivity contribution is -0.116. The van der Waals surface area contributed by atoms with E-state index in [1.807, 2.05) is 37.3 Å². The van der Waals surface area contributed by atoms with E-state index in [-0.39, 0.29) is 5.91 Å². The predicted molar refractivity (Wildman–Crippen MR) is 65.0 cm³/mol. The van der Waals surface area contributed by atoms with E-state index in [9.17, 15) is 4.79 Å². The Hall–Kier alpha value is -1.61. The first-order chi connectivity index (χ1) is 7.83. The zero-order valence-electron chi connectivity index (χ0n) is 9.48. The van der Waals surface area contributed by atoms with Gasteiger partial charge in [0.25, 0.3) is 0 Å². The molecule has 0 aliphatic rings. The Kier molecular flexibility index (Phi) is 5.96. The highest BCUT2D eigenvalue weighted by molar-refractivity contribution is 5.91. The predicted octanol–water partition coefficient (Wildman–Crippen LogP) is 1.85. The number of carbonyl (C=O) groups is 1. The number of carbonyl (C=O) groups excluding carboxylic acids is 1. The second-order valence-corrected chi connectivity index (χ2v) is 3.23. The number of nitrogens with one attached hydrogen (secondary N) is 1. The van der Waals surface area contributed by atoms with Gasteiger partial charge in [0.1, 0.15) is 0 Å². The lowest BCUT2D eigenvalue weighted by atomic mass is 10.2. The Morgan fingerprint density at radius 1 is 1.38 bits per heavy atom. The summed E-state index contributed by atoms with van der Waals surface area (Å²) in [4.78, 5) is 11.3. The van der Waals surface area contributed by atoms with E-state index in [0.29, 0.717) is 19.8 Å². The molecule has 3 heteroatoms. The van der Waals surface area contributed by atoms with Crippen molar-refractivity contribution in [2.75, 3.05) is 19.8 Å². The molecular formula is C13H17NO2. The molecule has 86 valence electrons. The standard InChI is InChI=1S/C13H17NO2/c1-2-16-11-10-14-13(15)9-8-12-6-4-3-5-7-12/h3-9H,2,10-11H2,1H3,(H,14,15)/b9-8+. The summed E-state index contributed by atoms with van der Waals surface area (Å²) in [6.45, 7) is 3.71. The fourth-order valence-electron chi connectivity index (χ4n) is 1.19. The largest absolute Gasteiger partial charge is 0.380 e. The van der Waals surface area contributed by atoms with Gasteiger partial charge in [-0.25, -0.2) is 0 Å². The van der Waals surface area contributed by atoms with E-state index in [1.54, 1.807) is 6.08 Å². The third kappa shape index (κ3) is 5.32. The number of amides is 1. The van der Waals surface area contributed by atoms with E-state index < -0.39 is 0 Å². The van der Waals surface area contributed by atoms with Crippen LogP contribution in [0.4, 0.5) is 0 Å². The summed E-state index contributed by atoms with van der Waals surface area (Å²) >= 11 is 0. The molecule has 1 aromatic rings. The Balaban J connectivity index is 2.26.